The first-order valence-electron chi connectivity index (χ1n) is 13.1. The van der Waals surface area contributed by atoms with Crippen molar-refractivity contribution in [1.82, 2.24) is 4.31 Å². The molecule has 1 heterocycles. The predicted octanol–water partition coefficient (Wildman–Crippen LogP) is 6.81. The molecule has 1 aliphatic heterocycles. The first-order valence-corrected chi connectivity index (χ1v) is 15.0. The Labute approximate surface area is 221 Å². The van der Waals surface area contributed by atoms with Crippen molar-refractivity contribution in [3.63, 3.8) is 0 Å². The van der Waals surface area contributed by atoms with E-state index in [-0.39, 0.29) is 23.3 Å². The van der Waals surface area contributed by atoms with Gasteiger partial charge < -0.3 is 9.47 Å². The Bertz CT molecular complexity index is 1160. The van der Waals surface area contributed by atoms with E-state index < -0.39 is 10.0 Å². The van der Waals surface area contributed by atoms with Crippen molar-refractivity contribution in [1.29, 1.82) is 0 Å². The van der Waals surface area contributed by atoms with Crippen molar-refractivity contribution in [2.45, 2.75) is 82.3 Å². The fourth-order valence-electron chi connectivity index (χ4n) is 5.42. The Hall–Kier alpha value is -2.22. The Balaban J connectivity index is 1.59. The maximum Gasteiger partial charge on any atom is 0.358 e. The smallest absolute Gasteiger partial charge is 0.358 e. The number of rotatable bonds is 7. The minimum Gasteiger partial charge on any atom is -0.453 e. The summed E-state index contributed by atoms with van der Waals surface area (Å²) in [6.45, 7) is 4.41. The first kappa shape index (κ1) is 26.8. The normalized spacial score (nSPS) is 21.9. The monoisotopic (exact) mass is 527 g/mol. The number of ether oxygens (including phenoxy) is 2. The first-order chi connectivity index (χ1) is 17.4. The SMILES string of the molecule is CCCC(OC(=S)Oc1ccccc1)C1CCCCCCC2C=C1CN2S(=O)(=O)c1ccccc1C. The summed E-state index contributed by atoms with van der Waals surface area (Å²) in [7, 11) is -3.61. The molecule has 0 amide bonds. The molecule has 5 nitrogen and oxygen atoms in total. The third kappa shape index (κ3) is 6.36. The van der Waals surface area contributed by atoms with E-state index in [9.17, 15) is 8.42 Å². The van der Waals surface area contributed by atoms with Crippen LogP contribution in [0, 0.1) is 12.8 Å². The molecule has 2 aromatic carbocycles. The zero-order valence-electron chi connectivity index (χ0n) is 21.3. The predicted molar refractivity (Wildman–Crippen MR) is 148 cm³/mol. The second-order valence-corrected chi connectivity index (χ2v) is 12.0. The Morgan fingerprint density at radius 2 is 1.72 bits per heavy atom. The van der Waals surface area contributed by atoms with Gasteiger partial charge in [0.1, 0.15) is 11.9 Å². The number of hydrogen-bond acceptors (Lipinski definition) is 5. The van der Waals surface area contributed by atoms with Crippen LogP contribution in [0.25, 0.3) is 0 Å². The number of benzene rings is 2. The minimum absolute atomic E-state index is 0.0972. The fourth-order valence-corrected chi connectivity index (χ4v) is 7.46. The Kier molecular flexibility index (Phi) is 9.20. The minimum atomic E-state index is -3.61. The molecule has 0 saturated heterocycles. The summed E-state index contributed by atoms with van der Waals surface area (Å²) in [5, 5.41) is 0.122. The lowest BCUT2D eigenvalue weighted by Gasteiger charge is -2.29. The molecule has 0 saturated carbocycles. The molecule has 1 aliphatic carbocycles. The lowest BCUT2D eigenvalue weighted by atomic mass is 9.85. The summed E-state index contributed by atoms with van der Waals surface area (Å²) in [5.41, 5.74) is 1.93. The van der Waals surface area contributed by atoms with Crippen LogP contribution in [0.4, 0.5) is 0 Å². The molecule has 36 heavy (non-hydrogen) atoms. The number of hydrogen-bond donors (Lipinski definition) is 0. The van der Waals surface area contributed by atoms with E-state index in [4.69, 9.17) is 21.7 Å². The Morgan fingerprint density at radius 3 is 2.44 bits per heavy atom. The number of nitrogens with zero attached hydrogens (tertiary/aromatic N) is 1. The molecule has 2 aliphatic rings. The fraction of sp³-hybridized carbons (Fsp3) is 0.483. The van der Waals surface area contributed by atoms with Crippen LogP contribution < -0.4 is 4.74 Å². The number of thiocarbonyl (C=S) groups is 1. The summed E-state index contributed by atoms with van der Waals surface area (Å²) < 4.78 is 41.4. The van der Waals surface area contributed by atoms with Gasteiger partial charge in [-0.25, -0.2) is 8.42 Å². The molecule has 0 spiro atoms. The van der Waals surface area contributed by atoms with E-state index in [1.165, 1.54) is 0 Å². The molecular weight excluding hydrogens is 490 g/mol. The van der Waals surface area contributed by atoms with Crippen molar-refractivity contribution in [3.8, 4) is 5.75 Å². The summed E-state index contributed by atoms with van der Waals surface area (Å²) in [4.78, 5) is 0.398. The van der Waals surface area contributed by atoms with Crippen LogP contribution in [0.2, 0.25) is 0 Å². The van der Waals surface area contributed by atoms with Crippen LogP contribution in [0.5, 0.6) is 5.75 Å². The zero-order chi connectivity index (χ0) is 25.5. The van der Waals surface area contributed by atoms with Crippen LogP contribution in [0.1, 0.15) is 63.9 Å². The van der Waals surface area contributed by atoms with Crippen LogP contribution in [-0.4, -0.2) is 36.7 Å². The van der Waals surface area contributed by atoms with Gasteiger partial charge in [0.25, 0.3) is 0 Å². The van der Waals surface area contributed by atoms with E-state index in [0.29, 0.717) is 17.2 Å². The Morgan fingerprint density at radius 1 is 1.03 bits per heavy atom. The van der Waals surface area contributed by atoms with Gasteiger partial charge in [0.15, 0.2) is 0 Å². The van der Waals surface area contributed by atoms with Gasteiger partial charge in [-0.15, -0.1) is 0 Å². The van der Waals surface area contributed by atoms with Gasteiger partial charge in [-0.2, -0.15) is 4.31 Å². The van der Waals surface area contributed by atoms with Crippen molar-refractivity contribution >= 4 is 27.5 Å². The van der Waals surface area contributed by atoms with Crippen LogP contribution >= 0.6 is 12.2 Å². The van der Waals surface area contributed by atoms with E-state index >= 15 is 0 Å². The summed E-state index contributed by atoms with van der Waals surface area (Å²) in [6.07, 6.45) is 10.00. The highest BCUT2D eigenvalue weighted by molar-refractivity contribution is 7.89. The summed E-state index contributed by atoms with van der Waals surface area (Å²) in [6, 6.07) is 16.6. The van der Waals surface area contributed by atoms with Crippen molar-refractivity contribution in [2.24, 2.45) is 5.92 Å². The van der Waals surface area contributed by atoms with Crippen molar-refractivity contribution in [2.75, 3.05) is 6.54 Å². The average Bonchev–Trinajstić information content (AvgIpc) is 3.28. The topological polar surface area (TPSA) is 55.8 Å². The third-order valence-corrected chi connectivity index (χ3v) is 9.46. The number of para-hydroxylation sites is 1. The van der Waals surface area contributed by atoms with Gasteiger partial charge in [-0.3, -0.25) is 0 Å². The van der Waals surface area contributed by atoms with E-state index in [2.05, 4.69) is 13.0 Å². The highest BCUT2D eigenvalue weighted by Crippen LogP contribution is 2.38. The van der Waals surface area contributed by atoms with Crippen LogP contribution in [0.3, 0.4) is 0 Å². The third-order valence-electron chi connectivity index (χ3n) is 7.25. The second-order valence-electron chi connectivity index (χ2n) is 9.83. The molecule has 3 atom stereocenters. The molecule has 194 valence electrons. The van der Waals surface area contributed by atoms with Gasteiger partial charge in [-0.05, 0) is 49.9 Å². The lowest BCUT2D eigenvalue weighted by Crippen LogP contribution is -2.37. The van der Waals surface area contributed by atoms with Gasteiger partial charge in [0.05, 0.1) is 4.90 Å². The largest absolute Gasteiger partial charge is 0.453 e. The number of sulfonamides is 1. The summed E-state index contributed by atoms with van der Waals surface area (Å²) in [5.74, 6) is 0.749. The van der Waals surface area contributed by atoms with E-state index in [1.54, 1.807) is 16.4 Å². The van der Waals surface area contributed by atoms with Gasteiger partial charge >= 0.3 is 5.24 Å². The van der Waals surface area contributed by atoms with Crippen LogP contribution in [0.15, 0.2) is 71.1 Å². The molecule has 0 N–H and O–H groups in total. The standard InChI is InChI=1S/C29H37NO4S2/c1-3-13-27(34-29(35)33-25-16-8-6-9-17-25)26-18-10-5-4-7-15-24-20-23(26)21-30(24)36(31,32)28-19-12-11-14-22(28)2/h6,8-9,11-12,14,16-17,19-20,24,26-27H,3-5,7,10,13,15,18,21H2,1-2H3. The molecule has 0 radical (unpaired) electrons. The average molecular weight is 528 g/mol. The zero-order valence-corrected chi connectivity index (χ0v) is 22.9. The molecule has 2 aromatic rings. The van der Waals surface area contributed by atoms with E-state index in [0.717, 1.165) is 62.5 Å². The maximum absolute atomic E-state index is 13.8. The highest BCUT2D eigenvalue weighted by Gasteiger charge is 2.40. The highest BCUT2D eigenvalue weighted by atomic mass is 32.2. The number of fused-ring (bicyclic) bond motifs is 1. The molecule has 4 rings (SSSR count). The van der Waals surface area contributed by atoms with Crippen molar-refractivity contribution < 1.29 is 17.9 Å². The molecule has 7 heteroatoms. The molecular formula is C29H37NO4S2. The lowest BCUT2D eigenvalue weighted by molar-refractivity contribution is 0.0984. The van der Waals surface area contributed by atoms with Gasteiger partial charge in [-0.1, -0.05) is 87.1 Å². The van der Waals surface area contributed by atoms with Crippen molar-refractivity contribution in [3.05, 3.63) is 71.8 Å². The number of aryl methyl sites for hydroxylation is 1. The molecule has 0 fully saturated rings. The summed E-state index contributed by atoms with van der Waals surface area (Å²) >= 11 is 5.48. The van der Waals surface area contributed by atoms with Gasteiger partial charge in [0, 0.05) is 30.7 Å². The maximum atomic E-state index is 13.8. The molecule has 0 aromatic heterocycles. The van der Waals surface area contributed by atoms with Gasteiger partial charge in [0.2, 0.25) is 10.0 Å². The molecule has 3 unspecified atom stereocenters. The van der Waals surface area contributed by atoms with Crippen LogP contribution in [-0.2, 0) is 14.8 Å². The molecule has 2 bridgehead atoms. The van der Waals surface area contributed by atoms with E-state index in [1.807, 2.05) is 49.4 Å². The second kappa shape index (κ2) is 12.3. The quantitative estimate of drug-likeness (QED) is 0.292.